The normalized spacial score (nSPS) is 12.9. The van der Waals surface area contributed by atoms with E-state index in [9.17, 15) is 10.1 Å². The van der Waals surface area contributed by atoms with Gasteiger partial charge in [0, 0.05) is 6.07 Å². The van der Waals surface area contributed by atoms with Gasteiger partial charge in [0.05, 0.1) is 48.7 Å². The Kier molecular flexibility index (Phi) is 5.50. The zero-order valence-corrected chi connectivity index (χ0v) is 17.3. The van der Waals surface area contributed by atoms with Crippen LogP contribution in [0.4, 0.5) is 16.2 Å². The van der Waals surface area contributed by atoms with Crippen LogP contribution in [0.15, 0.2) is 71.6 Å². The van der Waals surface area contributed by atoms with Gasteiger partial charge in [0.1, 0.15) is 0 Å². The first-order valence-electron chi connectivity index (χ1n) is 9.24. The molecule has 0 aromatic heterocycles. The lowest BCUT2D eigenvalue weighted by Crippen LogP contribution is -2.42. The number of rotatable bonds is 5. The Hall–Kier alpha value is -3.63. The van der Waals surface area contributed by atoms with Gasteiger partial charge in [-0.3, -0.25) is 4.90 Å². The molecule has 30 heavy (non-hydrogen) atoms. The third kappa shape index (κ3) is 3.65. The number of benzene rings is 3. The fraction of sp³-hybridized carbons (Fsp3) is 0.130. The van der Waals surface area contributed by atoms with Gasteiger partial charge >= 0.3 is 6.03 Å². The quantitative estimate of drug-likeness (QED) is 0.532. The molecule has 3 aromatic carbocycles. The molecule has 0 saturated heterocycles. The average molecular weight is 417 g/mol. The summed E-state index contributed by atoms with van der Waals surface area (Å²) in [5, 5.41) is 9.20. The van der Waals surface area contributed by atoms with Crippen LogP contribution >= 0.6 is 11.9 Å². The number of para-hydroxylation sites is 1. The Labute approximate surface area is 179 Å². The first-order chi connectivity index (χ1) is 14.6. The first-order valence-corrected chi connectivity index (χ1v) is 10.0. The van der Waals surface area contributed by atoms with E-state index in [-0.39, 0.29) is 6.03 Å². The molecule has 0 unspecified atom stereocenters. The van der Waals surface area contributed by atoms with E-state index in [1.54, 1.807) is 47.7 Å². The van der Waals surface area contributed by atoms with Crippen molar-refractivity contribution in [2.75, 3.05) is 23.4 Å². The minimum atomic E-state index is -0.173. The molecular formula is C23H19N3O3S. The van der Waals surface area contributed by atoms with Crippen LogP contribution in [-0.2, 0) is 6.54 Å². The smallest absolute Gasteiger partial charge is 0.339 e. The molecule has 2 amide bonds. The van der Waals surface area contributed by atoms with Gasteiger partial charge in [-0.1, -0.05) is 24.3 Å². The summed E-state index contributed by atoms with van der Waals surface area (Å²) in [6.07, 6.45) is 0. The summed E-state index contributed by atoms with van der Waals surface area (Å²) >= 11 is 1.37. The second-order valence-corrected chi connectivity index (χ2v) is 7.56. The molecule has 7 heteroatoms. The maximum Gasteiger partial charge on any atom is 0.339 e. The van der Waals surface area contributed by atoms with Crippen molar-refractivity contribution >= 4 is 29.4 Å². The summed E-state index contributed by atoms with van der Waals surface area (Å²) in [6.45, 7) is 0.357. The van der Waals surface area contributed by atoms with E-state index in [4.69, 9.17) is 9.47 Å². The van der Waals surface area contributed by atoms with Crippen molar-refractivity contribution < 1.29 is 14.3 Å². The predicted molar refractivity (Wildman–Crippen MR) is 117 cm³/mol. The number of hydrogen-bond acceptors (Lipinski definition) is 5. The highest BCUT2D eigenvalue weighted by Crippen LogP contribution is 2.43. The third-order valence-corrected chi connectivity index (χ3v) is 5.84. The zero-order chi connectivity index (χ0) is 21.1. The number of amides is 2. The Bertz CT molecular complexity index is 1140. The van der Waals surface area contributed by atoms with E-state index in [0.29, 0.717) is 29.3 Å². The number of nitrogens with zero attached hydrogens (tertiary/aromatic N) is 3. The largest absolute Gasteiger partial charge is 0.493 e. The first kappa shape index (κ1) is 19.7. The van der Waals surface area contributed by atoms with Crippen molar-refractivity contribution in [1.29, 1.82) is 5.26 Å². The Morgan fingerprint density at radius 1 is 0.967 bits per heavy atom. The monoisotopic (exact) mass is 417 g/mol. The number of anilines is 2. The summed E-state index contributed by atoms with van der Waals surface area (Å²) < 4.78 is 12.4. The second kappa shape index (κ2) is 8.39. The average Bonchev–Trinajstić information content (AvgIpc) is 2.80. The van der Waals surface area contributed by atoms with Crippen molar-refractivity contribution in [3.05, 3.63) is 77.9 Å². The maximum absolute atomic E-state index is 13.5. The molecule has 0 saturated carbocycles. The standard InChI is InChI=1S/C23H19N3O3S/c1-28-20-11-10-18(13-21(20)29-2)26-23(27)25(19-8-3-4-9-22(19)30-26)15-17-7-5-6-16(12-17)14-24/h3-13H,15H2,1-2H3. The van der Waals surface area contributed by atoms with Crippen LogP contribution in [-0.4, -0.2) is 20.3 Å². The third-order valence-electron chi connectivity index (χ3n) is 4.75. The van der Waals surface area contributed by atoms with Crippen LogP contribution in [0.5, 0.6) is 11.5 Å². The van der Waals surface area contributed by atoms with Crippen molar-refractivity contribution in [2.45, 2.75) is 11.4 Å². The van der Waals surface area contributed by atoms with Crippen LogP contribution in [0.3, 0.4) is 0 Å². The molecule has 0 atom stereocenters. The Morgan fingerprint density at radius 3 is 2.53 bits per heavy atom. The summed E-state index contributed by atoms with van der Waals surface area (Å²) in [7, 11) is 3.14. The van der Waals surface area contributed by atoms with Crippen molar-refractivity contribution in [3.8, 4) is 17.6 Å². The zero-order valence-electron chi connectivity index (χ0n) is 16.5. The van der Waals surface area contributed by atoms with Crippen LogP contribution in [0.1, 0.15) is 11.1 Å². The molecular weight excluding hydrogens is 398 g/mol. The number of urea groups is 1. The Morgan fingerprint density at radius 2 is 1.77 bits per heavy atom. The highest BCUT2D eigenvalue weighted by molar-refractivity contribution is 8.01. The van der Waals surface area contributed by atoms with E-state index in [1.807, 2.05) is 42.5 Å². The van der Waals surface area contributed by atoms with E-state index < -0.39 is 0 Å². The van der Waals surface area contributed by atoms with Crippen LogP contribution < -0.4 is 18.7 Å². The molecule has 4 rings (SSSR count). The number of fused-ring (bicyclic) bond motifs is 1. The molecule has 0 spiro atoms. The van der Waals surface area contributed by atoms with Gasteiger partial charge in [0.2, 0.25) is 0 Å². The maximum atomic E-state index is 13.5. The molecule has 0 fully saturated rings. The minimum Gasteiger partial charge on any atom is -0.493 e. The molecule has 0 bridgehead atoms. The van der Waals surface area contributed by atoms with Gasteiger partial charge in [-0.15, -0.1) is 0 Å². The van der Waals surface area contributed by atoms with E-state index in [0.717, 1.165) is 16.1 Å². The number of hydrogen-bond donors (Lipinski definition) is 0. The van der Waals surface area contributed by atoms with Crippen LogP contribution in [0, 0.1) is 11.3 Å². The van der Waals surface area contributed by atoms with Gasteiger partial charge in [-0.05, 0) is 53.9 Å². The highest BCUT2D eigenvalue weighted by Gasteiger charge is 2.32. The summed E-state index contributed by atoms with van der Waals surface area (Å²) in [5.41, 5.74) is 2.98. The van der Waals surface area contributed by atoms with Crippen LogP contribution in [0.2, 0.25) is 0 Å². The molecule has 3 aromatic rings. The van der Waals surface area contributed by atoms with E-state index in [1.165, 1.54) is 11.9 Å². The highest BCUT2D eigenvalue weighted by atomic mass is 32.2. The predicted octanol–water partition coefficient (Wildman–Crippen LogP) is 5.23. The fourth-order valence-electron chi connectivity index (χ4n) is 3.30. The van der Waals surface area contributed by atoms with Gasteiger partial charge in [-0.2, -0.15) is 5.26 Å². The minimum absolute atomic E-state index is 0.173. The number of ether oxygens (including phenoxy) is 2. The lowest BCUT2D eigenvalue weighted by Gasteiger charge is -2.36. The molecule has 1 aliphatic rings. The van der Waals surface area contributed by atoms with Crippen molar-refractivity contribution in [2.24, 2.45) is 0 Å². The number of carbonyl (C=O) groups is 1. The molecule has 1 heterocycles. The SMILES string of the molecule is COc1ccc(N2Sc3ccccc3N(Cc3cccc(C#N)c3)C2=O)cc1OC. The lowest BCUT2D eigenvalue weighted by atomic mass is 10.1. The van der Waals surface area contributed by atoms with Gasteiger partial charge < -0.3 is 9.47 Å². The lowest BCUT2D eigenvalue weighted by molar-refractivity contribution is 0.254. The molecule has 0 radical (unpaired) electrons. The molecule has 150 valence electrons. The molecule has 1 aliphatic heterocycles. The van der Waals surface area contributed by atoms with E-state index in [2.05, 4.69) is 6.07 Å². The van der Waals surface area contributed by atoms with Crippen molar-refractivity contribution in [1.82, 2.24) is 0 Å². The number of nitriles is 1. The number of carbonyl (C=O) groups excluding carboxylic acids is 1. The van der Waals surface area contributed by atoms with Crippen molar-refractivity contribution in [3.63, 3.8) is 0 Å². The Balaban J connectivity index is 1.73. The molecule has 0 aliphatic carbocycles. The van der Waals surface area contributed by atoms with E-state index >= 15 is 0 Å². The number of methoxy groups -OCH3 is 2. The van der Waals surface area contributed by atoms with Gasteiger partial charge in [-0.25, -0.2) is 9.10 Å². The summed E-state index contributed by atoms with van der Waals surface area (Å²) in [4.78, 5) is 16.2. The second-order valence-electron chi connectivity index (χ2n) is 6.57. The fourth-order valence-corrected chi connectivity index (χ4v) is 4.30. The molecule has 0 N–H and O–H groups in total. The van der Waals surface area contributed by atoms with Gasteiger partial charge in [0.25, 0.3) is 0 Å². The van der Waals surface area contributed by atoms with Crippen LogP contribution in [0.25, 0.3) is 0 Å². The summed E-state index contributed by atoms with van der Waals surface area (Å²) in [5.74, 6) is 1.15. The van der Waals surface area contributed by atoms with Gasteiger partial charge in [0.15, 0.2) is 11.5 Å². The molecule has 6 nitrogen and oxygen atoms in total. The topological polar surface area (TPSA) is 65.8 Å². The summed E-state index contributed by atoms with van der Waals surface area (Å²) in [6, 6.07) is 22.4.